The number of aryl methyl sites for hydroxylation is 2. The van der Waals surface area contributed by atoms with Crippen LogP contribution in [0.4, 0.5) is 5.82 Å². The number of rotatable bonds is 4. The Labute approximate surface area is 160 Å². The van der Waals surface area contributed by atoms with Crippen LogP contribution in [-0.2, 0) is 12.8 Å². The van der Waals surface area contributed by atoms with Gasteiger partial charge in [-0.2, -0.15) is 5.10 Å². The van der Waals surface area contributed by atoms with Crippen LogP contribution < -0.4 is 10.2 Å². The summed E-state index contributed by atoms with van der Waals surface area (Å²) < 4.78 is 2.14. The van der Waals surface area contributed by atoms with Crippen LogP contribution in [0.2, 0.25) is 0 Å². The Bertz CT molecular complexity index is 872. The molecule has 1 unspecified atom stereocenters. The second kappa shape index (κ2) is 6.94. The number of anilines is 1. The van der Waals surface area contributed by atoms with E-state index in [0.717, 1.165) is 55.3 Å². The third-order valence-corrected chi connectivity index (χ3v) is 5.35. The molecule has 2 aromatic heterocycles. The molecule has 4 rings (SSSR count). The fourth-order valence-corrected chi connectivity index (χ4v) is 4.19. The topological polar surface area (TPSA) is 75.9 Å². The molecule has 1 N–H and O–H groups in total. The van der Waals surface area contributed by atoms with Crippen molar-refractivity contribution in [2.24, 2.45) is 5.92 Å². The minimum atomic E-state index is -0.0702. The molecule has 2 aliphatic heterocycles. The van der Waals surface area contributed by atoms with E-state index in [2.05, 4.69) is 51.8 Å². The number of hydrogen-bond acceptors (Lipinski definition) is 5. The molecule has 0 aliphatic carbocycles. The maximum absolute atomic E-state index is 12.4. The molecule has 2 aromatic rings. The minimum Gasteiger partial charge on any atom is -0.354 e. The molecule has 144 valence electrons. The van der Waals surface area contributed by atoms with Crippen molar-refractivity contribution < 1.29 is 4.79 Å². The summed E-state index contributed by atoms with van der Waals surface area (Å²) in [5.41, 5.74) is 3.82. The van der Waals surface area contributed by atoms with Crippen LogP contribution in [0.25, 0.3) is 0 Å². The Kier molecular flexibility index (Phi) is 4.61. The van der Waals surface area contributed by atoms with Gasteiger partial charge in [-0.1, -0.05) is 13.8 Å². The molecule has 0 aromatic carbocycles. The van der Waals surface area contributed by atoms with Crippen molar-refractivity contribution in [3.8, 4) is 0 Å². The van der Waals surface area contributed by atoms with Gasteiger partial charge in [0.25, 0.3) is 5.91 Å². The normalized spacial score (nSPS) is 19.5. The van der Waals surface area contributed by atoms with E-state index in [4.69, 9.17) is 4.98 Å². The smallest absolute Gasteiger partial charge is 0.270 e. The molecule has 1 amide bonds. The van der Waals surface area contributed by atoms with E-state index in [1.54, 1.807) is 0 Å². The van der Waals surface area contributed by atoms with Gasteiger partial charge in [0.05, 0.1) is 11.7 Å². The summed E-state index contributed by atoms with van der Waals surface area (Å²) in [6.07, 6.45) is 2.61. The van der Waals surface area contributed by atoms with Crippen molar-refractivity contribution >= 4 is 11.7 Å². The third kappa shape index (κ3) is 3.42. The van der Waals surface area contributed by atoms with Crippen molar-refractivity contribution in [1.29, 1.82) is 0 Å². The van der Waals surface area contributed by atoms with Crippen LogP contribution >= 0.6 is 0 Å². The Hall–Kier alpha value is -2.44. The Morgan fingerprint density at radius 3 is 2.81 bits per heavy atom. The van der Waals surface area contributed by atoms with Gasteiger partial charge in [-0.25, -0.2) is 9.97 Å². The molecule has 1 atom stereocenters. The number of aromatic nitrogens is 4. The Morgan fingerprint density at radius 2 is 2.11 bits per heavy atom. The van der Waals surface area contributed by atoms with Gasteiger partial charge in [0, 0.05) is 37.3 Å². The van der Waals surface area contributed by atoms with Crippen molar-refractivity contribution in [2.75, 3.05) is 24.5 Å². The lowest BCUT2D eigenvalue weighted by Crippen LogP contribution is -2.36. The zero-order chi connectivity index (χ0) is 19.1. The summed E-state index contributed by atoms with van der Waals surface area (Å²) >= 11 is 0. The first-order valence-corrected chi connectivity index (χ1v) is 9.88. The highest BCUT2D eigenvalue weighted by atomic mass is 16.1. The largest absolute Gasteiger partial charge is 0.354 e. The number of carbonyl (C=O) groups is 1. The summed E-state index contributed by atoms with van der Waals surface area (Å²) in [4.78, 5) is 24.2. The zero-order valence-corrected chi connectivity index (χ0v) is 16.6. The summed E-state index contributed by atoms with van der Waals surface area (Å²) in [6.45, 7) is 10.9. The van der Waals surface area contributed by atoms with Crippen LogP contribution in [0.1, 0.15) is 59.6 Å². The number of nitrogens with zero attached hydrogens (tertiary/aromatic N) is 5. The van der Waals surface area contributed by atoms with E-state index in [1.165, 1.54) is 5.69 Å². The van der Waals surface area contributed by atoms with Crippen molar-refractivity contribution in [3.05, 3.63) is 34.5 Å². The molecular formula is C20H28N6O. The lowest BCUT2D eigenvalue weighted by molar-refractivity contribution is 0.0940. The first-order chi connectivity index (χ1) is 12.9. The molecule has 7 nitrogen and oxygen atoms in total. The lowest BCUT2D eigenvalue weighted by atomic mass is 10.0. The fraction of sp³-hybridized carbons (Fsp3) is 0.600. The van der Waals surface area contributed by atoms with Gasteiger partial charge >= 0.3 is 0 Å². The molecule has 4 heterocycles. The average molecular weight is 368 g/mol. The molecule has 0 saturated carbocycles. The molecule has 7 heteroatoms. The molecule has 1 saturated heterocycles. The number of amides is 1. The van der Waals surface area contributed by atoms with Crippen molar-refractivity contribution in [2.45, 2.75) is 53.0 Å². The van der Waals surface area contributed by atoms with Crippen LogP contribution in [0.15, 0.2) is 6.07 Å². The molecular weight excluding hydrogens is 340 g/mol. The number of fused-ring (bicyclic) bond motifs is 1. The molecule has 0 bridgehead atoms. The quantitative estimate of drug-likeness (QED) is 0.896. The number of hydrogen-bond donors (Lipinski definition) is 1. The van der Waals surface area contributed by atoms with E-state index in [-0.39, 0.29) is 5.91 Å². The van der Waals surface area contributed by atoms with Gasteiger partial charge in [-0.15, -0.1) is 0 Å². The Balaban J connectivity index is 1.67. The number of carbonyl (C=O) groups excluding carboxylic acids is 1. The summed E-state index contributed by atoms with van der Waals surface area (Å²) in [5.74, 6) is 2.10. The zero-order valence-electron chi connectivity index (χ0n) is 16.6. The molecule has 0 spiro atoms. The van der Waals surface area contributed by atoms with Crippen LogP contribution in [0, 0.1) is 19.8 Å². The van der Waals surface area contributed by atoms with E-state index >= 15 is 0 Å². The van der Waals surface area contributed by atoms with Gasteiger partial charge in [0.1, 0.15) is 17.3 Å². The summed E-state index contributed by atoms with van der Waals surface area (Å²) in [5, 5.41) is 7.59. The van der Waals surface area contributed by atoms with Gasteiger partial charge in [-0.05, 0) is 38.7 Å². The van der Waals surface area contributed by atoms with E-state index < -0.39 is 0 Å². The molecule has 27 heavy (non-hydrogen) atoms. The second-order valence-corrected chi connectivity index (χ2v) is 8.15. The maximum atomic E-state index is 12.4. The van der Waals surface area contributed by atoms with Crippen LogP contribution in [0.5, 0.6) is 0 Å². The van der Waals surface area contributed by atoms with Crippen molar-refractivity contribution in [3.63, 3.8) is 0 Å². The van der Waals surface area contributed by atoms with Gasteiger partial charge in [0.2, 0.25) is 0 Å². The molecule has 1 fully saturated rings. The highest BCUT2D eigenvalue weighted by molar-refractivity contribution is 5.96. The summed E-state index contributed by atoms with van der Waals surface area (Å²) in [6, 6.07) is 2.47. The van der Waals surface area contributed by atoms with E-state index in [9.17, 15) is 4.79 Å². The maximum Gasteiger partial charge on any atom is 0.270 e. The standard InChI is InChI=1S/C20H28N6O/c1-12(2)9-17-22-18-16(5-7-21-20(18)27)19(23-17)25-8-6-15(11-25)26-14(4)10-13(3)24-26/h10,12,15H,5-9,11H2,1-4H3,(H,21,27). The fourth-order valence-electron chi connectivity index (χ4n) is 4.19. The number of nitrogens with one attached hydrogen (secondary N) is 1. The van der Waals surface area contributed by atoms with Crippen molar-refractivity contribution in [1.82, 2.24) is 25.1 Å². The highest BCUT2D eigenvalue weighted by Crippen LogP contribution is 2.31. The minimum absolute atomic E-state index is 0.0702. The average Bonchev–Trinajstić information content (AvgIpc) is 3.20. The van der Waals surface area contributed by atoms with Crippen LogP contribution in [-0.4, -0.2) is 45.3 Å². The third-order valence-electron chi connectivity index (χ3n) is 5.35. The lowest BCUT2D eigenvalue weighted by Gasteiger charge is -2.26. The summed E-state index contributed by atoms with van der Waals surface area (Å²) in [7, 11) is 0. The first kappa shape index (κ1) is 17.9. The predicted octanol–water partition coefficient (Wildman–Crippen LogP) is 2.23. The van der Waals surface area contributed by atoms with Crippen LogP contribution in [0.3, 0.4) is 0 Å². The van der Waals surface area contributed by atoms with Gasteiger partial charge in [0.15, 0.2) is 0 Å². The Morgan fingerprint density at radius 1 is 1.30 bits per heavy atom. The monoisotopic (exact) mass is 368 g/mol. The molecule has 2 aliphatic rings. The second-order valence-electron chi connectivity index (χ2n) is 8.15. The molecule has 0 radical (unpaired) electrons. The van der Waals surface area contributed by atoms with Gasteiger partial charge in [-0.3, -0.25) is 9.48 Å². The van der Waals surface area contributed by atoms with E-state index in [0.29, 0.717) is 24.2 Å². The first-order valence-electron chi connectivity index (χ1n) is 9.88. The SMILES string of the molecule is Cc1cc(C)n(C2CCN(c3nc(CC(C)C)nc4c3CCNC4=O)C2)n1. The van der Waals surface area contributed by atoms with E-state index in [1.807, 2.05) is 6.92 Å². The highest BCUT2D eigenvalue weighted by Gasteiger charge is 2.31. The predicted molar refractivity (Wildman–Crippen MR) is 104 cm³/mol. The van der Waals surface area contributed by atoms with Gasteiger partial charge < -0.3 is 10.2 Å².